The molecule has 0 bridgehead atoms. The molecule has 0 aliphatic carbocycles. The second-order valence-corrected chi connectivity index (χ2v) is 6.36. The number of rotatable bonds is 5. The minimum atomic E-state index is -0.0496. The van der Waals surface area contributed by atoms with Crippen LogP contribution in [0.4, 0.5) is 10.8 Å². The molecule has 0 amide bonds. The minimum Gasteiger partial charge on any atom is -0.390 e. The number of benzene rings is 2. The van der Waals surface area contributed by atoms with E-state index in [9.17, 15) is 0 Å². The first-order chi connectivity index (χ1) is 12.3. The molecule has 5 nitrogen and oxygen atoms in total. The standard InChI is InChI=1S/C19H16N4OS/c24-11-14-12-25-19(20-14)21-16-7-3-1-5-13(16)9-10-18-15-6-2-4-8-17(15)22-23-18/h1-10,12,24H,11H2,(H,20,21)(H,22,23). The van der Waals surface area contributed by atoms with Gasteiger partial charge in [-0.25, -0.2) is 4.98 Å². The second-order valence-electron chi connectivity index (χ2n) is 5.50. The molecule has 25 heavy (non-hydrogen) atoms. The van der Waals surface area contributed by atoms with Crippen LogP contribution in [0.1, 0.15) is 17.0 Å². The van der Waals surface area contributed by atoms with Crippen molar-refractivity contribution in [3.8, 4) is 0 Å². The fourth-order valence-electron chi connectivity index (χ4n) is 2.59. The molecule has 2 aromatic heterocycles. The van der Waals surface area contributed by atoms with Crippen molar-refractivity contribution in [1.82, 2.24) is 15.2 Å². The Kier molecular flexibility index (Phi) is 4.28. The van der Waals surface area contributed by atoms with Gasteiger partial charge in [-0.05, 0) is 23.8 Å². The Labute approximate surface area is 148 Å². The molecule has 0 atom stereocenters. The first-order valence-corrected chi connectivity index (χ1v) is 8.74. The molecule has 0 unspecified atom stereocenters. The Bertz CT molecular complexity index is 1030. The summed E-state index contributed by atoms with van der Waals surface area (Å²) in [5.74, 6) is 0. The number of hydrogen-bond donors (Lipinski definition) is 3. The van der Waals surface area contributed by atoms with E-state index in [1.165, 1.54) is 11.3 Å². The lowest BCUT2D eigenvalue weighted by atomic mass is 10.1. The van der Waals surface area contributed by atoms with Gasteiger partial charge < -0.3 is 10.4 Å². The smallest absolute Gasteiger partial charge is 0.187 e. The predicted octanol–water partition coefficient (Wildman–Crippen LogP) is 4.43. The number of H-pyrrole nitrogens is 1. The second kappa shape index (κ2) is 6.88. The van der Waals surface area contributed by atoms with Gasteiger partial charge in [0.05, 0.1) is 23.5 Å². The van der Waals surface area contributed by atoms with Gasteiger partial charge in [0, 0.05) is 16.5 Å². The number of para-hydroxylation sites is 2. The zero-order valence-corrected chi connectivity index (χ0v) is 14.1. The van der Waals surface area contributed by atoms with Crippen LogP contribution in [0.5, 0.6) is 0 Å². The Balaban J connectivity index is 1.62. The van der Waals surface area contributed by atoms with Crippen molar-refractivity contribution in [2.75, 3.05) is 5.32 Å². The maximum Gasteiger partial charge on any atom is 0.187 e. The highest BCUT2D eigenvalue weighted by atomic mass is 32.1. The molecule has 0 fully saturated rings. The van der Waals surface area contributed by atoms with E-state index in [4.69, 9.17) is 5.11 Å². The third-order valence-electron chi connectivity index (χ3n) is 3.84. The van der Waals surface area contributed by atoms with E-state index >= 15 is 0 Å². The molecule has 4 rings (SSSR count). The minimum absolute atomic E-state index is 0.0496. The molecule has 124 valence electrons. The van der Waals surface area contributed by atoms with Crippen LogP contribution < -0.4 is 5.32 Å². The molecule has 0 spiro atoms. The average molecular weight is 348 g/mol. The summed E-state index contributed by atoms with van der Waals surface area (Å²) in [4.78, 5) is 4.33. The zero-order chi connectivity index (χ0) is 17.1. The molecular formula is C19H16N4OS. The van der Waals surface area contributed by atoms with Crippen molar-refractivity contribution in [1.29, 1.82) is 0 Å². The van der Waals surface area contributed by atoms with Crippen LogP contribution in [-0.2, 0) is 6.61 Å². The summed E-state index contributed by atoms with van der Waals surface area (Å²) < 4.78 is 0. The van der Waals surface area contributed by atoms with E-state index < -0.39 is 0 Å². The van der Waals surface area contributed by atoms with E-state index in [1.54, 1.807) is 0 Å². The number of aromatic nitrogens is 3. The van der Waals surface area contributed by atoms with E-state index in [0.717, 1.165) is 33.0 Å². The molecule has 0 aliphatic heterocycles. The number of aliphatic hydroxyl groups is 1. The number of anilines is 2. The fourth-order valence-corrected chi connectivity index (χ4v) is 3.30. The Morgan fingerprint density at radius 2 is 1.92 bits per heavy atom. The van der Waals surface area contributed by atoms with Gasteiger partial charge in [0.1, 0.15) is 0 Å². The monoisotopic (exact) mass is 348 g/mol. The maximum absolute atomic E-state index is 9.14. The van der Waals surface area contributed by atoms with Crippen molar-refractivity contribution >= 4 is 45.2 Å². The van der Waals surface area contributed by atoms with Gasteiger partial charge in [-0.15, -0.1) is 11.3 Å². The van der Waals surface area contributed by atoms with Gasteiger partial charge in [-0.3, -0.25) is 5.10 Å². The van der Waals surface area contributed by atoms with Gasteiger partial charge in [-0.2, -0.15) is 5.10 Å². The van der Waals surface area contributed by atoms with Crippen molar-refractivity contribution in [2.24, 2.45) is 0 Å². The molecule has 0 radical (unpaired) electrons. The highest BCUT2D eigenvalue weighted by molar-refractivity contribution is 7.13. The zero-order valence-electron chi connectivity index (χ0n) is 13.3. The fraction of sp³-hybridized carbons (Fsp3) is 0.0526. The highest BCUT2D eigenvalue weighted by Crippen LogP contribution is 2.26. The number of thiazole rings is 1. The molecule has 2 aromatic carbocycles. The van der Waals surface area contributed by atoms with Crippen molar-refractivity contribution in [3.63, 3.8) is 0 Å². The lowest BCUT2D eigenvalue weighted by molar-refractivity contribution is 0.278. The van der Waals surface area contributed by atoms with E-state index in [1.807, 2.05) is 60.0 Å². The molecule has 0 saturated heterocycles. The van der Waals surface area contributed by atoms with Crippen molar-refractivity contribution < 1.29 is 5.11 Å². The lowest BCUT2D eigenvalue weighted by Gasteiger charge is -2.06. The first-order valence-electron chi connectivity index (χ1n) is 7.86. The average Bonchev–Trinajstić information content (AvgIpc) is 3.28. The summed E-state index contributed by atoms with van der Waals surface area (Å²) in [5, 5.41) is 23.6. The van der Waals surface area contributed by atoms with Crippen LogP contribution in [0.3, 0.4) is 0 Å². The molecule has 2 heterocycles. The summed E-state index contributed by atoms with van der Waals surface area (Å²) in [6.45, 7) is -0.0496. The van der Waals surface area contributed by atoms with Gasteiger partial charge in [-0.1, -0.05) is 42.5 Å². The molecule has 0 aliphatic rings. The Morgan fingerprint density at radius 3 is 2.80 bits per heavy atom. The number of nitrogens with zero attached hydrogens (tertiary/aromatic N) is 2. The third kappa shape index (κ3) is 3.31. The summed E-state index contributed by atoms with van der Waals surface area (Å²) >= 11 is 1.47. The van der Waals surface area contributed by atoms with Crippen molar-refractivity contribution in [2.45, 2.75) is 6.61 Å². The van der Waals surface area contributed by atoms with Crippen molar-refractivity contribution in [3.05, 3.63) is 70.9 Å². The number of aromatic amines is 1. The topological polar surface area (TPSA) is 73.8 Å². The summed E-state index contributed by atoms with van der Waals surface area (Å²) in [6.07, 6.45) is 4.03. The van der Waals surface area contributed by atoms with E-state index in [0.29, 0.717) is 5.69 Å². The summed E-state index contributed by atoms with van der Waals surface area (Å²) in [5.41, 5.74) is 4.59. The van der Waals surface area contributed by atoms with Gasteiger partial charge >= 0.3 is 0 Å². The highest BCUT2D eigenvalue weighted by Gasteiger charge is 2.05. The summed E-state index contributed by atoms with van der Waals surface area (Å²) in [6, 6.07) is 16.1. The predicted molar refractivity (Wildman–Crippen MR) is 103 cm³/mol. The number of hydrogen-bond acceptors (Lipinski definition) is 5. The van der Waals surface area contributed by atoms with Crippen LogP contribution in [0.25, 0.3) is 23.1 Å². The number of fused-ring (bicyclic) bond motifs is 1. The first kappa shape index (κ1) is 15.6. The molecular weight excluding hydrogens is 332 g/mol. The van der Waals surface area contributed by atoms with E-state index in [-0.39, 0.29) is 6.61 Å². The van der Waals surface area contributed by atoms with Crippen LogP contribution in [0.15, 0.2) is 53.9 Å². The summed E-state index contributed by atoms with van der Waals surface area (Å²) in [7, 11) is 0. The Hall–Kier alpha value is -2.96. The molecule has 3 N–H and O–H groups in total. The van der Waals surface area contributed by atoms with Crippen LogP contribution in [-0.4, -0.2) is 20.3 Å². The SMILES string of the molecule is OCc1csc(Nc2ccccc2C=Cc2n[nH]c3ccccc23)n1. The van der Waals surface area contributed by atoms with Gasteiger partial charge in [0.2, 0.25) is 0 Å². The van der Waals surface area contributed by atoms with Gasteiger partial charge in [0.15, 0.2) is 5.13 Å². The maximum atomic E-state index is 9.14. The van der Waals surface area contributed by atoms with E-state index in [2.05, 4.69) is 26.6 Å². The molecule has 0 saturated carbocycles. The van der Waals surface area contributed by atoms with Gasteiger partial charge in [0.25, 0.3) is 0 Å². The van der Waals surface area contributed by atoms with Crippen LogP contribution in [0.2, 0.25) is 0 Å². The Morgan fingerprint density at radius 1 is 1.08 bits per heavy atom. The molecule has 6 heteroatoms. The number of nitrogens with one attached hydrogen (secondary N) is 2. The largest absolute Gasteiger partial charge is 0.390 e. The quantitative estimate of drug-likeness (QED) is 0.499. The lowest BCUT2D eigenvalue weighted by Crippen LogP contribution is -1.93. The normalized spacial score (nSPS) is 11.4. The van der Waals surface area contributed by atoms with Crippen LogP contribution in [0, 0.1) is 0 Å². The van der Waals surface area contributed by atoms with Crippen LogP contribution >= 0.6 is 11.3 Å². The molecule has 4 aromatic rings. The number of aliphatic hydroxyl groups excluding tert-OH is 1. The third-order valence-corrected chi connectivity index (χ3v) is 4.64.